The molecule has 0 unspecified atom stereocenters. The second kappa shape index (κ2) is 4.74. The van der Waals surface area contributed by atoms with Gasteiger partial charge in [-0.25, -0.2) is 9.79 Å². The largest absolute Gasteiger partial charge is 0.402 e. The number of aryl methyl sites for hydroxylation is 1. The summed E-state index contributed by atoms with van der Waals surface area (Å²) < 4.78 is 8.87. The number of carbonyl (C=O) groups excluding carboxylic acids is 1. The van der Waals surface area contributed by atoms with Gasteiger partial charge in [0.1, 0.15) is 5.69 Å². The van der Waals surface area contributed by atoms with Gasteiger partial charge < -0.3 is 4.74 Å². The Bertz CT molecular complexity index is 672. The molecule has 6 heteroatoms. The lowest BCUT2D eigenvalue weighted by Crippen LogP contribution is -2.05. The summed E-state index contributed by atoms with van der Waals surface area (Å²) >= 11 is 1.22. The highest BCUT2D eigenvalue weighted by molar-refractivity contribution is 7.03. The molecule has 0 N–H and O–H groups in total. The van der Waals surface area contributed by atoms with E-state index in [0.29, 0.717) is 11.6 Å². The molecule has 0 aliphatic carbocycles. The van der Waals surface area contributed by atoms with Crippen LogP contribution in [0.5, 0.6) is 0 Å². The Kier molecular flexibility index (Phi) is 2.92. The van der Waals surface area contributed by atoms with Crippen molar-refractivity contribution < 1.29 is 9.53 Å². The maximum absolute atomic E-state index is 11.7. The fourth-order valence-electron chi connectivity index (χ4n) is 1.60. The Balaban J connectivity index is 1.93. The van der Waals surface area contributed by atoms with E-state index >= 15 is 0 Å². The number of ether oxygens (including phenoxy) is 1. The van der Waals surface area contributed by atoms with Crippen LogP contribution in [0.1, 0.15) is 16.8 Å². The van der Waals surface area contributed by atoms with Crippen LogP contribution in [0.15, 0.2) is 40.3 Å². The van der Waals surface area contributed by atoms with Crippen molar-refractivity contribution >= 4 is 29.5 Å². The van der Waals surface area contributed by atoms with Gasteiger partial charge in [-0.15, -0.1) is 5.10 Å². The number of rotatable bonds is 2. The van der Waals surface area contributed by atoms with Crippen molar-refractivity contribution in [2.24, 2.45) is 4.99 Å². The summed E-state index contributed by atoms with van der Waals surface area (Å²) in [5, 5.41) is 5.57. The molecule has 1 aliphatic rings. The zero-order chi connectivity index (χ0) is 13.2. The second-order valence-corrected chi connectivity index (χ2v) is 4.64. The molecule has 0 saturated carbocycles. The second-order valence-electron chi connectivity index (χ2n) is 4.03. The first-order valence-electron chi connectivity index (χ1n) is 5.59. The molecule has 0 atom stereocenters. The molecule has 0 fully saturated rings. The maximum Gasteiger partial charge on any atom is 0.363 e. The van der Waals surface area contributed by atoms with E-state index in [0.717, 1.165) is 11.1 Å². The number of nitrogens with zero attached hydrogens (tertiary/aromatic N) is 3. The first kappa shape index (κ1) is 11.7. The van der Waals surface area contributed by atoms with Gasteiger partial charge in [0.15, 0.2) is 5.70 Å². The summed E-state index contributed by atoms with van der Waals surface area (Å²) in [6.07, 6.45) is 1.56. The molecule has 1 aliphatic heterocycles. The lowest BCUT2D eigenvalue weighted by atomic mass is 10.1. The van der Waals surface area contributed by atoms with E-state index in [-0.39, 0.29) is 5.70 Å². The average Bonchev–Trinajstić information content (AvgIpc) is 3.02. The van der Waals surface area contributed by atoms with Gasteiger partial charge in [-0.1, -0.05) is 22.2 Å². The normalized spacial score (nSPS) is 16.6. The number of aromatic nitrogens is 2. The van der Waals surface area contributed by atoms with Gasteiger partial charge in [-0.2, -0.15) is 0 Å². The predicted octanol–water partition coefficient (Wildman–Crippen LogP) is 2.19. The lowest BCUT2D eigenvalue weighted by molar-refractivity contribution is -0.129. The van der Waals surface area contributed by atoms with Crippen LogP contribution in [0.2, 0.25) is 0 Å². The van der Waals surface area contributed by atoms with Gasteiger partial charge in [0, 0.05) is 10.9 Å². The number of carbonyl (C=O) groups is 1. The van der Waals surface area contributed by atoms with Gasteiger partial charge in [-0.3, -0.25) is 0 Å². The van der Waals surface area contributed by atoms with E-state index in [1.54, 1.807) is 11.5 Å². The highest BCUT2D eigenvalue weighted by atomic mass is 32.1. The van der Waals surface area contributed by atoms with Crippen LogP contribution in [-0.4, -0.2) is 21.5 Å². The van der Waals surface area contributed by atoms with E-state index in [2.05, 4.69) is 14.6 Å². The van der Waals surface area contributed by atoms with Gasteiger partial charge in [0.25, 0.3) is 0 Å². The first-order chi connectivity index (χ1) is 9.22. The number of esters is 1. The van der Waals surface area contributed by atoms with Crippen molar-refractivity contribution in [1.82, 2.24) is 9.59 Å². The van der Waals surface area contributed by atoms with Crippen LogP contribution in [0, 0.1) is 6.92 Å². The predicted molar refractivity (Wildman–Crippen MR) is 71.7 cm³/mol. The van der Waals surface area contributed by atoms with E-state index in [4.69, 9.17) is 4.74 Å². The molecule has 3 rings (SSSR count). The molecule has 0 spiro atoms. The Labute approximate surface area is 113 Å². The van der Waals surface area contributed by atoms with Crippen molar-refractivity contribution in [2.75, 3.05) is 0 Å². The maximum atomic E-state index is 11.7. The number of aliphatic imine (C=N–C) groups is 1. The Morgan fingerprint density at radius 2 is 2.05 bits per heavy atom. The Morgan fingerprint density at radius 1 is 1.26 bits per heavy atom. The summed E-state index contributed by atoms with van der Waals surface area (Å²) in [5.74, 6) is -0.150. The average molecular weight is 271 g/mol. The molecule has 94 valence electrons. The van der Waals surface area contributed by atoms with Crippen LogP contribution in [-0.2, 0) is 9.53 Å². The summed E-state index contributed by atoms with van der Waals surface area (Å²) in [5.41, 5.74) is 2.76. The third kappa shape index (κ3) is 2.43. The Morgan fingerprint density at radius 3 is 2.74 bits per heavy atom. The van der Waals surface area contributed by atoms with Crippen LogP contribution in [0.4, 0.5) is 0 Å². The van der Waals surface area contributed by atoms with Crippen molar-refractivity contribution in [1.29, 1.82) is 0 Å². The molecular formula is C13H9N3O2S. The standard InChI is InChI=1S/C13H9N3O2S/c1-8-2-4-9(5-3-8)12-14-11(13(17)18-12)6-10-7-19-16-15-10/h2-7H,1H3/b11-6+. The molecule has 1 aromatic heterocycles. The summed E-state index contributed by atoms with van der Waals surface area (Å²) in [6.45, 7) is 1.99. The Hall–Kier alpha value is -2.34. The zero-order valence-electron chi connectivity index (χ0n) is 10.0. The molecule has 0 radical (unpaired) electrons. The van der Waals surface area contributed by atoms with Crippen molar-refractivity contribution in [3.8, 4) is 0 Å². The van der Waals surface area contributed by atoms with Crippen molar-refractivity contribution in [2.45, 2.75) is 6.92 Å². The van der Waals surface area contributed by atoms with Crippen molar-refractivity contribution in [3.05, 3.63) is 52.2 Å². The molecule has 2 aromatic rings. The molecule has 0 saturated heterocycles. The van der Waals surface area contributed by atoms with Crippen LogP contribution in [0.25, 0.3) is 6.08 Å². The van der Waals surface area contributed by atoms with Gasteiger partial charge in [0.2, 0.25) is 5.90 Å². The number of cyclic esters (lactones) is 1. The van der Waals surface area contributed by atoms with Crippen molar-refractivity contribution in [3.63, 3.8) is 0 Å². The van der Waals surface area contributed by atoms with E-state index < -0.39 is 5.97 Å². The number of benzene rings is 1. The topological polar surface area (TPSA) is 64.4 Å². The molecule has 2 heterocycles. The first-order valence-corrected chi connectivity index (χ1v) is 6.43. The van der Waals surface area contributed by atoms with Gasteiger partial charge in [-0.05, 0) is 36.7 Å². The van der Waals surface area contributed by atoms with Crippen LogP contribution >= 0.6 is 11.5 Å². The fourth-order valence-corrected chi connectivity index (χ4v) is 2.02. The van der Waals surface area contributed by atoms with Crippen LogP contribution < -0.4 is 0 Å². The van der Waals surface area contributed by atoms with E-state index in [1.165, 1.54) is 11.5 Å². The highest BCUT2D eigenvalue weighted by Gasteiger charge is 2.24. The monoisotopic (exact) mass is 271 g/mol. The molecule has 0 amide bonds. The molecule has 0 bridgehead atoms. The fraction of sp³-hybridized carbons (Fsp3) is 0.0769. The van der Waals surface area contributed by atoms with E-state index in [9.17, 15) is 4.79 Å². The quantitative estimate of drug-likeness (QED) is 0.620. The summed E-state index contributed by atoms with van der Waals surface area (Å²) in [7, 11) is 0. The number of hydrogen-bond acceptors (Lipinski definition) is 6. The van der Waals surface area contributed by atoms with Crippen LogP contribution in [0.3, 0.4) is 0 Å². The smallest absolute Gasteiger partial charge is 0.363 e. The minimum Gasteiger partial charge on any atom is -0.402 e. The minimum absolute atomic E-state index is 0.239. The third-order valence-corrected chi connectivity index (χ3v) is 3.10. The zero-order valence-corrected chi connectivity index (χ0v) is 10.8. The summed E-state index contributed by atoms with van der Waals surface area (Å²) in [6, 6.07) is 7.62. The highest BCUT2D eigenvalue weighted by Crippen LogP contribution is 2.18. The minimum atomic E-state index is -0.469. The van der Waals surface area contributed by atoms with Gasteiger partial charge >= 0.3 is 5.97 Å². The van der Waals surface area contributed by atoms with E-state index in [1.807, 2.05) is 31.2 Å². The molecule has 5 nitrogen and oxygen atoms in total. The summed E-state index contributed by atoms with van der Waals surface area (Å²) in [4.78, 5) is 15.9. The molecular weight excluding hydrogens is 262 g/mol. The third-order valence-electron chi connectivity index (χ3n) is 2.58. The lowest BCUT2D eigenvalue weighted by Gasteiger charge is -1.99. The molecule has 1 aromatic carbocycles. The molecule has 19 heavy (non-hydrogen) atoms. The SMILES string of the molecule is Cc1ccc(C2=N/C(=C/c3csnn3)C(=O)O2)cc1. The number of hydrogen-bond donors (Lipinski definition) is 0. The van der Waals surface area contributed by atoms with Gasteiger partial charge in [0.05, 0.1) is 0 Å².